The zero-order valence-electron chi connectivity index (χ0n) is 11.8. The molecule has 1 aliphatic rings. The maximum absolute atomic E-state index is 10.5. The van der Waals surface area contributed by atoms with E-state index in [0.29, 0.717) is 16.8 Å². The van der Waals surface area contributed by atoms with Gasteiger partial charge in [0.05, 0.1) is 11.2 Å². The summed E-state index contributed by atoms with van der Waals surface area (Å²) in [5.74, 6) is 0. The summed E-state index contributed by atoms with van der Waals surface area (Å²) in [5.41, 5.74) is 7.05. The highest BCUT2D eigenvalue weighted by Gasteiger charge is 2.52. The van der Waals surface area contributed by atoms with Crippen molar-refractivity contribution in [1.29, 1.82) is 0 Å². The third-order valence-electron chi connectivity index (χ3n) is 3.82. The van der Waals surface area contributed by atoms with Crippen LogP contribution in [0.15, 0.2) is 12.3 Å². The lowest BCUT2D eigenvalue weighted by molar-refractivity contribution is -0.107. The van der Waals surface area contributed by atoms with Gasteiger partial charge in [0.25, 0.3) is 0 Å². The molecule has 0 aliphatic carbocycles. The number of nitrogens with zero attached hydrogens (tertiary/aromatic N) is 1. The van der Waals surface area contributed by atoms with Crippen molar-refractivity contribution >= 4 is 24.6 Å². The molecule has 0 amide bonds. The number of anilines is 1. The second-order valence-corrected chi connectivity index (χ2v) is 5.76. The number of pyridine rings is 1. The summed E-state index contributed by atoms with van der Waals surface area (Å²) in [6.45, 7) is 7.93. The standard InChI is InChI=1S/C13H19BN2O3/c1-12(2)13(3,4)19-14(18-12)10-8-16-9(5-6-17)7-11(10)15/h6-8H,5H2,1-4H3,(H2,15,16). The van der Waals surface area contributed by atoms with Crippen molar-refractivity contribution in [3.05, 3.63) is 18.0 Å². The van der Waals surface area contributed by atoms with E-state index >= 15 is 0 Å². The van der Waals surface area contributed by atoms with Crippen LogP contribution in [0.4, 0.5) is 5.69 Å². The fourth-order valence-electron chi connectivity index (χ4n) is 1.89. The van der Waals surface area contributed by atoms with Gasteiger partial charge in [-0.25, -0.2) is 0 Å². The second kappa shape index (κ2) is 4.61. The van der Waals surface area contributed by atoms with E-state index in [1.165, 1.54) is 0 Å². The molecule has 1 aromatic rings. The zero-order chi connectivity index (χ0) is 14.3. The van der Waals surface area contributed by atoms with Gasteiger partial charge in [-0.15, -0.1) is 0 Å². The first-order valence-corrected chi connectivity index (χ1v) is 6.30. The van der Waals surface area contributed by atoms with Crippen LogP contribution in [0.3, 0.4) is 0 Å². The first-order chi connectivity index (χ1) is 8.77. The van der Waals surface area contributed by atoms with Gasteiger partial charge in [-0.2, -0.15) is 0 Å². The van der Waals surface area contributed by atoms with Crippen LogP contribution in [0.2, 0.25) is 0 Å². The molecule has 0 saturated carbocycles. The molecule has 5 nitrogen and oxygen atoms in total. The van der Waals surface area contributed by atoms with Crippen molar-refractivity contribution < 1.29 is 14.1 Å². The van der Waals surface area contributed by atoms with E-state index in [4.69, 9.17) is 15.0 Å². The highest BCUT2D eigenvalue weighted by Crippen LogP contribution is 2.36. The maximum atomic E-state index is 10.5. The third-order valence-corrected chi connectivity index (χ3v) is 3.82. The molecule has 2 rings (SSSR count). The highest BCUT2D eigenvalue weighted by molar-refractivity contribution is 6.63. The van der Waals surface area contributed by atoms with Crippen molar-refractivity contribution in [2.45, 2.75) is 45.3 Å². The molecule has 0 radical (unpaired) electrons. The van der Waals surface area contributed by atoms with Crippen LogP contribution in [-0.2, 0) is 20.5 Å². The molecule has 0 atom stereocenters. The van der Waals surface area contributed by atoms with Crippen molar-refractivity contribution in [3.63, 3.8) is 0 Å². The monoisotopic (exact) mass is 262 g/mol. The lowest BCUT2D eigenvalue weighted by Crippen LogP contribution is -2.41. The molecule has 1 aromatic heterocycles. The number of nitrogens with two attached hydrogens (primary N) is 1. The average Bonchev–Trinajstić information content (AvgIpc) is 2.48. The Hall–Kier alpha value is -1.40. The van der Waals surface area contributed by atoms with Gasteiger partial charge in [0.15, 0.2) is 0 Å². The van der Waals surface area contributed by atoms with Gasteiger partial charge in [-0.3, -0.25) is 4.98 Å². The Morgan fingerprint density at radius 2 is 1.89 bits per heavy atom. The highest BCUT2D eigenvalue weighted by atomic mass is 16.7. The summed E-state index contributed by atoms with van der Waals surface area (Å²) in [7, 11) is -0.525. The molecule has 0 unspecified atom stereocenters. The number of carbonyl (C=O) groups excluding carboxylic acids is 1. The van der Waals surface area contributed by atoms with Crippen LogP contribution in [0, 0.1) is 0 Å². The minimum atomic E-state index is -0.525. The van der Waals surface area contributed by atoms with E-state index in [-0.39, 0.29) is 6.42 Å². The van der Waals surface area contributed by atoms with E-state index in [2.05, 4.69) is 4.98 Å². The lowest BCUT2D eigenvalue weighted by atomic mass is 9.79. The van der Waals surface area contributed by atoms with Gasteiger partial charge < -0.3 is 19.8 Å². The fraction of sp³-hybridized carbons (Fsp3) is 0.538. The summed E-state index contributed by atoms with van der Waals surface area (Å²) < 4.78 is 11.8. The predicted octanol–water partition coefficient (Wildman–Crippen LogP) is 0.704. The third kappa shape index (κ3) is 2.50. The van der Waals surface area contributed by atoms with Gasteiger partial charge in [0.2, 0.25) is 0 Å². The van der Waals surface area contributed by atoms with Crippen LogP contribution in [-0.4, -0.2) is 29.6 Å². The van der Waals surface area contributed by atoms with Crippen molar-refractivity contribution in [2.24, 2.45) is 0 Å². The van der Waals surface area contributed by atoms with Crippen molar-refractivity contribution in [2.75, 3.05) is 5.73 Å². The van der Waals surface area contributed by atoms with E-state index in [9.17, 15) is 4.79 Å². The number of aromatic nitrogens is 1. The van der Waals surface area contributed by atoms with Gasteiger partial charge >= 0.3 is 7.12 Å². The van der Waals surface area contributed by atoms with Gasteiger partial charge in [0, 0.05) is 29.5 Å². The van der Waals surface area contributed by atoms with Crippen LogP contribution in [0.1, 0.15) is 33.4 Å². The summed E-state index contributed by atoms with van der Waals surface area (Å²) >= 11 is 0. The Balaban J connectivity index is 2.27. The number of nitrogen functional groups attached to an aromatic ring is 1. The first kappa shape index (κ1) is 14.0. The Labute approximate surface area is 113 Å². The van der Waals surface area contributed by atoms with E-state index in [1.54, 1.807) is 12.3 Å². The topological polar surface area (TPSA) is 74.4 Å². The number of aldehydes is 1. The van der Waals surface area contributed by atoms with Crippen molar-refractivity contribution in [3.8, 4) is 0 Å². The Bertz CT molecular complexity index is 487. The Kier molecular flexibility index (Phi) is 3.41. The normalized spacial score (nSPS) is 20.5. The van der Waals surface area contributed by atoms with E-state index < -0.39 is 18.3 Å². The number of carbonyl (C=O) groups is 1. The summed E-state index contributed by atoms with van der Waals surface area (Å²) in [5, 5.41) is 0. The number of hydrogen-bond acceptors (Lipinski definition) is 5. The van der Waals surface area contributed by atoms with Crippen LogP contribution in [0.25, 0.3) is 0 Å². The molecular formula is C13H19BN2O3. The van der Waals surface area contributed by atoms with Crippen LogP contribution < -0.4 is 11.2 Å². The molecule has 0 aromatic carbocycles. The molecule has 1 aliphatic heterocycles. The van der Waals surface area contributed by atoms with E-state index in [1.807, 2.05) is 27.7 Å². The number of hydrogen-bond donors (Lipinski definition) is 1. The molecule has 19 heavy (non-hydrogen) atoms. The molecule has 102 valence electrons. The summed E-state index contributed by atoms with van der Waals surface area (Å²) in [6, 6.07) is 1.69. The molecule has 0 spiro atoms. The SMILES string of the molecule is CC1(C)OB(c2cnc(CC=O)cc2N)OC1(C)C. The largest absolute Gasteiger partial charge is 0.498 e. The smallest absolute Gasteiger partial charge is 0.399 e. The minimum absolute atomic E-state index is 0.258. The molecule has 1 saturated heterocycles. The summed E-state index contributed by atoms with van der Waals surface area (Å²) in [6.07, 6.45) is 2.68. The molecule has 2 heterocycles. The van der Waals surface area contributed by atoms with Crippen LogP contribution in [0.5, 0.6) is 0 Å². The minimum Gasteiger partial charge on any atom is -0.399 e. The average molecular weight is 262 g/mol. The second-order valence-electron chi connectivity index (χ2n) is 5.76. The van der Waals surface area contributed by atoms with Gasteiger partial charge in [0.1, 0.15) is 6.29 Å². The Morgan fingerprint density at radius 1 is 1.32 bits per heavy atom. The van der Waals surface area contributed by atoms with E-state index in [0.717, 1.165) is 6.29 Å². The molecule has 6 heteroatoms. The Morgan fingerprint density at radius 3 is 2.37 bits per heavy atom. The van der Waals surface area contributed by atoms with Gasteiger partial charge in [-0.05, 0) is 33.8 Å². The lowest BCUT2D eigenvalue weighted by Gasteiger charge is -2.32. The molecule has 1 fully saturated rings. The predicted molar refractivity (Wildman–Crippen MR) is 74.1 cm³/mol. The zero-order valence-corrected chi connectivity index (χ0v) is 11.8. The molecule has 2 N–H and O–H groups in total. The first-order valence-electron chi connectivity index (χ1n) is 6.30. The molecular weight excluding hydrogens is 243 g/mol. The van der Waals surface area contributed by atoms with Crippen molar-refractivity contribution in [1.82, 2.24) is 4.98 Å². The summed E-state index contributed by atoms with van der Waals surface area (Å²) in [4.78, 5) is 14.7. The van der Waals surface area contributed by atoms with Gasteiger partial charge in [-0.1, -0.05) is 0 Å². The maximum Gasteiger partial charge on any atom is 0.498 e. The number of rotatable bonds is 3. The fourth-order valence-corrected chi connectivity index (χ4v) is 1.89. The van der Waals surface area contributed by atoms with Crippen LogP contribution >= 0.6 is 0 Å². The molecule has 0 bridgehead atoms. The quantitative estimate of drug-likeness (QED) is 0.641.